The molecule has 2 aliphatic rings. The first-order valence-electron chi connectivity index (χ1n) is 8.58. The molecule has 12 heteroatoms. The second-order valence-corrected chi connectivity index (χ2v) is 6.55. The number of aliphatic hydroxyl groups is 3. The smallest absolute Gasteiger partial charge is 0.335 e. The van der Waals surface area contributed by atoms with Gasteiger partial charge in [0.25, 0.3) is 11.9 Å². The van der Waals surface area contributed by atoms with E-state index in [1.54, 1.807) is 0 Å². The first-order chi connectivity index (χ1) is 12.8. The van der Waals surface area contributed by atoms with Crippen molar-refractivity contribution in [2.24, 2.45) is 0 Å². The topological polar surface area (TPSA) is 187 Å². The molecular formula is C15H23N5O7. The summed E-state index contributed by atoms with van der Waals surface area (Å²) in [5.74, 6) is -1.04. The van der Waals surface area contributed by atoms with Gasteiger partial charge in [0, 0.05) is 19.2 Å². The molecule has 2 fully saturated rings. The summed E-state index contributed by atoms with van der Waals surface area (Å²) in [4.78, 5) is 22.6. The van der Waals surface area contributed by atoms with Gasteiger partial charge in [-0.05, 0) is 19.3 Å². The number of aliphatic carboxylic acids is 1. The molecule has 0 saturated carbocycles. The Morgan fingerprint density at radius 2 is 1.89 bits per heavy atom. The van der Waals surface area contributed by atoms with Gasteiger partial charge in [-0.25, -0.2) is 4.79 Å². The van der Waals surface area contributed by atoms with Gasteiger partial charge in [0.15, 0.2) is 6.10 Å². The number of ether oxygens (including phenoxy) is 1. The normalized spacial score (nSPS) is 31.5. The molecule has 0 aliphatic carbocycles. The van der Waals surface area contributed by atoms with Crippen LogP contribution in [-0.2, 0) is 9.53 Å². The van der Waals surface area contributed by atoms with E-state index in [-0.39, 0.29) is 11.4 Å². The van der Waals surface area contributed by atoms with Crippen molar-refractivity contribution in [1.82, 2.24) is 9.71 Å². The number of carbonyl (C=O) groups is 1. The van der Waals surface area contributed by atoms with Crippen molar-refractivity contribution >= 4 is 17.6 Å². The molecular weight excluding hydrogens is 362 g/mol. The van der Waals surface area contributed by atoms with Crippen LogP contribution in [0, 0.1) is 5.41 Å². The lowest BCUT2D eigenvalue weighted by Crippen LogP contribution is -2.62. The molecule has 3 heterocycles. The maximum atomic E-state index is 11.1. The van der Waals surface area contributed by atoms with Gasteiger partial charge >= 0.3 is 5.97 Å². The Balaban J connectivity index is 1.82. The van der Waals surface area contributed by atoms with Gasteiger partial charge in [-0.1, -0.05) is 0 Å². The lowest BCUT2D eigenvalue weighted by Gasteiger charge is -2.38. The number of aliphatic hydroxyl groups excluding tert-OH is 3. The second-order valence-electron chi connectivity index (χ2n) is 6.55. The molecule has 2 aliphatic heterocycles. The van der Waals surface area contributed by atoms with Gasteiger partial charge in [0.05, 0.1) is 0 Å². The van der Waals surface area contributed by atoms with Gasteiger partial charge in [-0.2, -0.15) is 4.98 Å². The third kappa shape index (κ3) is 3.83. The molecule has 2 saturated heterocycles. The summed E-state index contributed by atoms with van der Waals surface area (Å²) in [5.41, 5.74) is 5.54. The lowest BCUT2D eigenvalue weighted by atomic mass is 9.99. The number of nitrogens with zero attached hydrogens (tertiary/aromatic N) is 3. The molecule has 1 aromatic rings. The summed E-state index contributed by atoms with van der Waals surface area (Å²) >= 11 is 0. The monoisotopic (exact) mass is 385 g/mol. The average Bonchev–Trinajstić information content (AvgIpc) is 2.64. The molecule has 3 rings (SSSR count). The number of nitrogens with one attached hydrogen (secondary N) is 1. The van der Waals surface area contributed by atoms with Gasteiger partial charge in [-0.15, -0.1) is 4.73 Å². The highest BCUT2D eigenvalue weighted by Crippen LogP contribution is 2.22. The molecule has 5 atom stereocenters. The number of carboxylic acid groups (broad SMARTS) is 1. The van der Waals surface area contributed by atoms with Crippen molar-refractivity contribution < 1.29 is 34.8 Å². The first-order valence-corrected chi connectivity index (χ1v) is 8.58. The van der Waals surface area contributed by atoms with Crippen molar-refractivity contribution in [3.05, 3.63) is 11.7 Å². The zero-order valence-corrected chi connectivity index (χ0v) is 14.4. The van der Waals surface area contributed by atoms with Crippen LogP contribution in [0.5, 0.6) is 0 Å². The Morgan fingerprint density at radius 1 is 1.22 bits per heavy atom. The predicted octanol–water partition coefficient (Wildman–Crippen LogP) is -2.74. The highest BCUT2D eigenvalue weighted by molar-refractivity contribution is 5.73. The number of piperidine rings is 1. The van der Waals surface area contributed by atoms with Gasteiger partial charge in [-0.3, -0.25) is 5.41 Å². The van der Waals surface area contributed by atoms with Crippen molar-refractivity contribution in [3.63, 3.8) is 0 Å². The van der Waals surface area contributed by atoms with Crippen LogP contribution in [0.25, 0.3) is 0 Å². The number of nitrogen functional groups attached to an aromatic ring is 1. The van der Waals surface area contributed by atoms with Crippen molar-refractivity contribution in [3.8, 4) is 0 Å². The summed E-state index contributed by atoms with van der Waals surface area (Å²) < 4.78 is 5.79. The molecule has 5 unspecified atom stereocenters. The highest BCUT2D eigenvalue weighted by Gasteiger charge is 2.48. The van der Waals surface area contributed by atoms with E-state index < -0.39 is 36.7 Å². The third-order valence-electron chi connectivity index (χ3n) is 4.63. The summed E-state index contributed by atoms with van der Waals surface area (Å²) in [6, 6.07) is 1.50. The maximum absolute atomic E-state index is 11.1. The molecule has 0 bridgehead atoms. The quantitative estimate of drug-likeness (QED) is 0.317. The molecule has 150 valence electrons. The minimum Gasteiger partial charge on any atom is -0.479 e. The predicted molar refractivity (Wildman–Crippen MR) is 89.5 cm³/mol. The van der Waals surface area contributed by atoms with Crippen molar-refractivity contribution in [2.75, 3.05) is 23.7 Å². The fourth-order valence-corrected chi connectivity index (χ4v) is 3.14. The zero-order valence-electron chi connectivity index (χ0n) is 14.4. The Bertz CT molecular complexity index is 751. The Kier molecular flexibility index (Phi) is 5.51. The number of aromatic nitrogens is 2. The van der Waals surface area contributed by atoms with E-state index in [0.717, 1.165) is 37.1 Å². The van der Waals surface area contributed by atoms with Crippen LogP contribution in [-0.4, -0.2) is 79.9 Å². The molecule has 1 aromatic heterocycles. The largest absolute Gasteiger partial charge is 0.479 e. The standard InChI is InChI=1S/C15H23N5O7/c16-7-6-8(19-4-2-1-3-5-19)18-15(17)20(7)27-14-11(23)9(21)10(22)12(26-14)13(24)25/h6,9-12,14,17,21-23H,1-5,16H2,(H,24,25). The number of anilines is 2. The van der Waals surface area contributed by atoms with Gasteiger partial charge in [0.2, 0.25) is 0 Å². The maximum Gasteiger partial charge on any atom is 0.335 e. The molecule has 27 heavy (non-hydrogen) atoms. The van der Waals surface area contributed by atoms with E-state index >= 15 is 0 Å². The van der Waals surface area contributed by atoms with Crippen molar-refractivity contribution in [1.29, 1.82) is 5.41 Å². The Morgan fingerprint density at radius 3 is 2.48 bits per heavy atom. The molecule has 0 spiro atoms. The van der Waals surface area contributed by atoms with Gasteiger partial charge < -0.3 is 40.6 Å². The molecule has 7 N–H and O–H groups in total. The third-order valence-corrected chi connectivity index (χ3v) is 4.63. The average molecular weight is 385 g/mol. The fourth-order valence-electron chi connectivity index (χ4n) is 3.14. The fraction of sp³-hybridized carbons (Fsp3) is 0.667. The Labute approximate surface area is 153 Å². The summed E-state index contributed by atoms with van der Waals surface area (Å²) in [6.07, 6.45) is -5.75. The second kappa shape index (κ2) is 7.68. The van der Waals surface area contributed by atoms with Crippen LogP contribution in [0.3, 0.4) is 0 Å². The molecule has 0 aromatic carbocycles. The summed E-state index contributed by atoms with van der Waals surface area (Å²) in [7, 11) is 0. The number of carboxylic acids is 1. The zero-order chi connectivity index (χ0) is 19.7. The number of rotatable bonds is 4. The van der Waals surface area contributed by atoms with Crippen molar-refractivity contribution in [2.45, 2.75) is 50.0 Å². The van der Waals surface area contributed by atoms with Crippen LogP contribution < -0.4 is 21.1 Å². The number of nitrogens with two attached hydrogens (primary N) is 1. The minimum absolute atomic E-state index is 0.0149. The molecule has 0 radical (unpaired) electrons. The number of hydrogen-bond acceptors (Lipinski definition) is 10. The van der Waals surface area contributed by atoms with E-state index in [2.05, 4.69) is 4.98 Å². The molecule has 0 amide bonds. The van der Waals surface area contributed by atoms with Crippen LogP contribution in [0.15, 0.2) is 6.07 Å². The lowest BCUT2D eigenvalue weighted by molar-refractivity contribution is -0.294. The SMILES string of the molecule is N=c1nc(N2CCCCC2)cc(N)n1OC1OC(C(=O)O)C(O)C(O)C1O. The molecule has 12 nitrogen and oxygen atoms in total. The van der Waals surface area contributed by atoms with Crippen LogP contribution in [0.4, 0.5) is 11.6 Å². The summed E-state index contributed by atoms with van der Waals surface area (Å²) in [5, 5.41) is 46.6. The van der Waals surface area contributed by atoms with Crippen LogP contribution in [0.1, 0.15) is 19.3 Å². The summed E-state index contributed by atoms with van der Waals surface area (Å²) in [6.45, 7) is 1.59. The number of hydrogen-bond donors (Lipinski definition) is 6. The van der Waals surface area contributed by atoms with Crippen LogP contribution in [0.2, 0.25) is 0 Å². The van der Waals surface area contributed by atoms with E-state index in [4.69, 9.17) is 25.8 Å². The van der Waals surface area contributed by atoms with E-state index in [9.17, 15) is 20.1 Å². The van der Waals surface area contributed by atoms with Gasteiger partial charge in [0.1, 0.15) is 29.9 Å². The Hall–Kier alpha value is -2.41. The van der Waals surface area contributed by atoms with E-state index in [1.165, 1.54) is 6.07 Å². The highest BCUT2D eigenvalue weighted by atomic mass is 16.8. The van der Waals surface area contributed by atoms with E-state index in [0.29, 0.717) is 5.82 Å². The minimum atomic E-state index is -1.84. The van der Waals surface area contributed by atoms with E-state index in [1.807, 2.05) is 4.90 Å². The first kappa shape index (κ1) is 19.4. The van der Waals surface area contributed by atoms with Crippen LogP contribution >= 0.6 is 0 Å².